The molecular weight excluding hydrogens is 432 g/mol. The number of hydrogen-bond acceptors (Lipinski definition) is 6. The molecular formula is C20H25ClN2O6S. The van der Waals surface area contributed by atoms with Crippen molar-refractivity contribution in [1.29, 1.82) is 0 Å². The molecule has 0 unspecified atom stereocenters. The van der Waals surface area contributed by atoms with E-state index < -0.39 is 10.0 Å². The van der Waals surface area contributed by atoms with Crippen LogP contribution in [0.1, 0.15) is 12.8 Å². The van der Waals surface area contributed by atoms with Crippen molar-refractivity contribution in [3.63, 3.8) is 0 Å². The molecule has 0 aliphatic rings. The van der Waals surface area contributed by atoms with E-state index in [1.807, 2.05) is 0 Å². The SMILES string of the molecule is COc1cccc(N(CCCC(=O)Nc2cc(OC)c(Cl)cc2OC)S(C)(=O)=O)c1. The summed E-state index contributed by atoms with van der Waals surface area (Å²) >= 11 is 6.07. The Labute approximate surface area is 181 Å². The van der Waals surface area contributed by atoms with E-state index in [-0.39, 0.29) is 18.9 Å². The van der Waals surface area contributed by atoms with Crippen molar-refractivity contribution < 1.29 is 27.4 Å². The lowest BCUT2D eigenvalue weighted by Gasteiger charge is -2.22. The van der Waals surface area contributed by atoms with Gasteiger partial charge in [-0.1, -0.05) is 17.7 Å². The molecule has 0 saturated heterocycles. The predicted molar refractivity (Wildman–Crippen MR) is 118 cm³/mol. The molecule has 0 fully saturated rings. The molecule has 0 aliphatic heterocycles. The molecule has 0 atom stereocenters. The van der Waals surface area contributed by atoms with Gasteiger partial charge in [0.1, 0.15) is 17.2 Å². The van der Waals surface area contributed by atoms with Crippen LogP contribution >= 0.6 is 11.6 Å². The topological polar surface area (TPSA) is 94.2 Å². The predicted octanol–water partition coefficient (Wildman–Crippen LogP) is 3.55. The number of sulfonamides is 1. The fraction of sp³-hybridized carbons (Fsp3) is 0.350. The van der Waals surface area contributed by atoms with E-state index in [4.69, 9.17) is 25.8 Å². The van der Waals surface area contributed by atoms with E-state index in [0.29, 0.717) is 40.1 Å². The second-order valence-electron chi connectivity index (χ2n) is 6.38. The second kappa shape index (κ2) is 10.4. The molecule has 164 valence electrons. The van der Waals surface area contributed by atoms with E-state index in [1.54, 1.807) is 36.4 Å². The van der Waals surface area contributed by atoms with Gasteiger partial charge in [0.05, 0.1) is 44.0 Å². The van der Waals surface area contributed by atoms with Crippen molar-refractivity contribution in [3.8, 4) is 17.2 Å². The van der Waals surface area contributed by atoms with E-state index >= 15 is 0 Å². The minimum Gasteiger partial charge on any atom is -0.497 e. The number of methoxy groups -OCH3 is 3. The molecule has 1 amide bonds. The Morgan fingerprint density at radius 3 is 2.37 bits per heavy atom. The number of ether oxygens (including phenoxy) is 3. The summed E-state index contributed by atoms with van der Waals surface area (Å²) in [7, 11) is 0.913. The Balaban J connectivity index is 2.06. The van der Waals surface area contributed by atoms with E-state index in [2.05, 4.69) is 5.32 Å². The highest BCUT2D eigenvalue weighted by molar-refractivity contribution is 7.92. The van der Waals surface area contributed by atoms with Crippen LogP contribution in [0, 0.1) is 0 Å². The maximum absolute atomic E-state index is 12.4. The number of anilines is 2. The first-order chi connectivity index (χ1) is 14.2. The largest absolute Gasteiger partial charge is 0.497 e. The average molecular weight is 457 g/mol. The fourth-order valence-corrected chi connectivity index (χ4v) is 3.99. The number of nitrogens with zero attached hydrogens (tertiary/aromatic N) is 1. The molecule has 0 spiro atoms. The maximum atomic E-state index is 12.4. The normalized spacial score (nSPS) is 11.0. The van der Waals surface area contributed by atoms with Gasteiger partial charge in [0, 0.05) is 31.2 Å². The van der Waals surface area contributed by atoms with E-state index in [0.717, 1.165) is 6.26 Å². The molecule has 0 bridgehead atoms. The molecule has 10 heteroatoms. The van der Waals surface area contributed by atoms with Crippen LogP contribution in [0.25, 0.3) is 0 Å². The molecule has 0 aliphatic carbocycles. The van der Waals surface area contributed by atoms with Crippen LogP contribution in [-0.4, -0.2) is 48.5 Å². The third-order valence-electron chi connectivity index (χ3n) is 4.25. The summed E-state index contributed by atoms with van der Waals surface area (Å²) in [5, 5.41) is 3.10. The number of nitrogens with one attached hydrogen (secondary N) is 1. The van der Waals surface area contributed by atoms with Crippen LogP contribution in [0.4, 0.5) is 11.4 Å². The van der Waals surface area contributed by atoms with Crippen molar-refractivity contribution in [2.45, 2.75) is 12.8 Å². The van der Waals surface area contributed by atoms with Gasteiger partial charge >= 0.3 is 0 Å². The number of hydrogen-bond donors (Lipinski definition) is 1. The summed E-state index contributed by atoms with van der Waals surface area (Å²) in [6.45, 7) is 0.139. The summed E-state index contributed by atoms with van der Waals surface area (Å²) in [5.74, 6) is 1.04. The smallest absolute Gasteiger partial charge is 0.232 e. The molecule has 30 heavy (non-hydrogen) atoms. The summed E-state index contributed by atoms with van der Waals surface area (Å²) in [5.41, 5.74) is 0.887. The van der Waals surface area contributed by atoms with Crippen LogP contribution in [0.3, 0.4) is 0 Å². The molecule has 0 heterocycles. The first kappa shape index (κ1) is 23.6. The Hall–Kier alpha value is -2.65. The quantitative estimate of drug-likeness (QED) is 0.587. The van der Waals surface area contributed by atoms with E-state index in [1.165, 1.54) is 25.6 Å². The van der Waals surface area contributed by atoms with Crippen LogP contribution in [0.15, 0.2) is 36.4 Å². The van der Waals surface area contributed by atoms with Gasteiger partial charge in [-0.2, -0.15) is 0 Å². The van der Waals surface area contributed by atoms with E-state index in [9.17, 15) is 13.2 Å². The van der Waals surface area contributed by atoms with Gasteiger partial charge in [0.15, 0.2) is 0 Å². The summed E-state index contributed by atoms with van der Waals surface area (Å²) in [6, 6.07) is 9.85. The summed E-state index contributed by atoms with van der Waals surface area (Å²) in [6.07, 6.45) is 1.53. The molecule has 0 radical (unpaired) electrons. The highest BCUT2D eigenvalue weighted by atomic mass is 35.5. The first-order valence-electron chi connectivity index (χ1n) is 9.02. The third-order valence-corrected chi connectivity index (χ3v) is 5.74. The monoisotopic (exact) mass is 456 g/mol. The number of amides is 1. The van der Waals surface area contributed by atoms with Gasteiger partial charge in [0.25, 0.3) is 0 Å². The van der Waals surface area contributed by atoms with Gasteiger partial charge in [-0.25, -0.2) is 8.42 Å². The molecule has 2 rings (SSSR count). The minimum atomic E-state index is -3.53. The van der Waals surface area contributed by atoms with Crippen LogP contribution in [-0.2, 0) is 14.8 Å². The summed E-state index contributed by atoms with van der Waals surface area (Å²) in [4.78, 5) is 12.4. The average Bonchev–Trinajstić information content (AvgIpc) is 2.71. The zero-order valence-corrected chi connectivity index (χ0v) is 18.8. The number of benzene rings is 2. The molecule has 2 aromatic rings. The summed E-state index contributed by atoms with van der Waals surface area (Å²) < 4.78 is 41.3. The second-order valence-corrected chi connectivity index (χ2v) is 8.69. The first-order valence-corrected chi connectivity index (χ1v) is 11.3. The number of carbonyl (C=O) groups is 1. The lowest BCUT2D eigenvalue weighted by atomic mass is 10.2. The zero-order chi connectivity index (χ0) is 22.3. The molecule has 8 nitrogen and oxygen atoms in total. The zero-order valence-electron chi connectivity index (χ0n) is 17.3. The Morgan fingerprint density at radius 1 is 1.07 bits per heavy atom. The minimum absolute atomic E-state index is 0.101. The van der Waals surface area contributed by atoms with Gasteiger partial charge in [0.2, 0.25) is 15.9 Å². The fourth-order valence-electron chi connectivity index (χ4n) is 2.81. The Morgan fingerprint density at radius 2 is 1.77 bits per heavy atom. The van der Waals surface area contributed by atoms with Crippen molar-refractivity contribution >= 4 is 38.9 Å². The van der Waals surface area contributed by atoms with Gasteiger partial charge in [-0.3, -0.25) is 9.10 Å². The van der Waals surface area contributed by atoms with Crippen molar-refractivity contribution in [1.82, 2.24) is 0 Å². The highest BCUT2D eigenvalue weighted by Crippen LogP contribution is 2.36. The van der Waals surface area contributed by atoms with Crippen LogP contribution < -0.4 is 23.8 Å². The Kier molecular flexibility index (Phi) is 8.19. The Bertz CT molecular complexity index is 997. The van der Waals surface area contributed by atoms with Crippen molar-refractivity contribution in [3.05, 3.63) is 41.4 Å². The van der Waals surface area contributed by atoms with Gasteiger partial charge in [-0.15, -0.1) is 0 Å². The van der Waals surface area contributed by atoms with Crippen molar-refractivity contribution in [2.24, 2.45) is 0 Å². The lowest BCUT2D eigenvalue weighted by Crippen LogP contribution is -2.31. The molecule has 1 N–H and O–H groups in total. The van der Waals surface area contributed by atoms with Gasteiger partial charge < -0.3 is 19.5 Å². The highest BCUT2D eigenvalue weighted by Gasteiger charge is 2.19. The molecule has 2 aromatic carbocycles. The third kappa shape index (κ3) is 6.17. The number of rotatable bonds is 10. The van der Waals surface area contributed by atoms with Crippen LogP contribution in [0.5, 0.6) is 17.2 Å². The number of carbonyl (C=O) groups excluding carboxylic acids is 1. The van der Waals surface area contributed by atoms with Gasteiger partial charge in [-0.05, 0) is 18.6 Å². The maximum Gasteiger partial charge on any atom is 0.232 e. The van der Waals surface area contributed by atoms with Crippen LogP contribution in [0.2, 0.25) is 5.02 Å². The van der Waals surface area contributed by atoms with Crippen molar-refractivity contribution in [2.75, 3.05) is 43.8 Å². The molecule has 0 aromatic heterocycles. The molecule has 0 saturated carbocycles. The number of halogens is 1. The lowest BCUT2D eigenvalue weighted by molar-refractivity contribution is -0.116. The standard InChI is InChI=1S/C20H25ClN2O6S/c1-27-15-8-5-7-14(11-15)23(30(4,25)26)10-6-9-20(24)22-17-13-18(28-2)16(21)12-19(17)29-3/h5,7-8,11-13H,6,9-10H2,1-4H3,(H,22,24).